The van der Waals surface area contributed by atoms with Gasteiger partial charge < -0.3 is 23.9 Å². The third-order valence-corrected chi connectivity index (χ3v) is 4.11. The van der Waals surface area contributed by atoms with E-state index >= 15 is 0 Å². The summed E-state index contributed by atoms with van der Waals surface area (Å²) in [7, 11) is 0. The average molecular weight is 437 g/mol. The van der Waals surface area contributed by atoms with E-state index in [2.05, 4.69) is 10.1 Å². The Hall–Kier alpha value is -3.69. The highest BCUT2D eigenvalue weighted by atomic mass is 19.4. The van der Waals surface area contributed by atoms with E-state index in [9.17, 15) is 22.8 Å². The number of amides is 1. The van der Waals surface area contributed by atoms with Gasteiger partial charge in [-0.05, 0) is 56.3 Å². The first-order valence-electron chi connectivity index (χ1n) is 9.15. The van der Waals surface area contributed by atoms with Gasteiger partial charge in [0, 0.05) is 16.6 Å². The third kappa shape index (κ3) is 5.68. The third-order valence-electron chi connectivity index (χ3n) is 4.11. The average Bonchev–Trinajstić information content (AvgIpc) is 3.03. The van der Waals surface area contributed by atoms with Gasteiger partial charge in [0.15, 0.2) is 6.61 Å². The maximum Gasteiger partial charge on any atom is 0.573 e. The van der Waals surface area contributed by atoms with Gasteiger partial charge in [-0.2, -0.15) is 0 Å². The van der Waals surface area contributed by atoms with Crippen molar-refractivity contribution in [3.05, 3.63) is 53.8 Å². The maximum absolute atomic E-state index is 12.3. The SMILES string of the molecule is CCOc1ccc2oc(C(=O)OCC(=O)Nc3ccc(OC(F)(F)F)cc3)c(C)c2c1. The Balaban J connectivity index is 1.59. The van der Waals surface area contributed by atoms with Crippen LogP contribution in [0.1, 0.15) is 23.0 Å². The van der Waals surface area contributed by atoms with Crippen LogP contribution >= 0.6 is 0 Å². The van der Waals surface area contributed by atoms with Gasteiger partial charge in [0.25, 0.3) is 5.91 Å². The minimum Gasteiger partial charge on any atom is -0.494 e. The number of hydrogen-bond acceptors (Lipinski definition) is 6. The van der Waals surface area contributed by atoms with Gasteiger partial charge in [0.2, 0.25) is 5.76 Å². The van der Waals surface area contributed by atoms with Crippen molar-refractivity contribution in [2.24, 2.45) is 0 Å². The summed E-state index contributed by atoms with van der Waals surface area (Å²) in [5.74, 6) is -1.33. The number of nitrogens with one attached hydrogen (secondary N) is 1. The van der Waals surface area contributed by atoms with Crippen molar-refractivity contribution in [1.29, 1.82) is 0 Å². The Kier molecular flexibility index (Phi) is 6.38. The highest BCUT2D eigenvalue weighted by Crippen LogP contribution is 2.29. The first kappa shape index (κ1) is 22.0. The molecule has 7 nitrogen and oxygen atoms in total. The molecule has 3 aromatic rings. The monoisotopic (exact) mass is 437 g/mol. The second kappa shape index (κ2) is 8.99. The predicted octanol–water partition coefficient (Wildman–Crippen LogP) is 4.83. The summed E-state index contributed by atoms with van der Waals surface area (Å²) < 4.78 is 56.2. The van der Waals surface area contributed by atoms with Crippen LogP contribution in [0.2, 0.25) is 0 Å². The molecule has 0 radical (unpaired) electrons. The van der Waals surface area contributed by atoms with Crippen molar-refractivity contribution in [2.75, 3.05) is 18.5 Å². The number of benzene rings is 2. The molecule has 1 amide bonds. The fourth-order valence-electron chi connectivity index (χ4n) is 2.78. The van der Waals surface area contributed by atoms with Crippen LogP contribution in [0.5, 0.6) is 11.5 Å². The van der Waals surface area contributed by atoms with E-state index in [4.69, 9.17) is 13.9 Å². The summed E-state index contributed by atoms with van der Waals surface area (Å²) in [6.07, 6.45) is -4.81. The molecule has 0 saturated carbocycles. The van der Waals surface area contributed by atoms with E-state index < -0.39 is 30.6 Å². The minimum atomic E-state index is -4.81. The van der Waals surface area contributed by atoms with Crippen LogP contribution in [0, 0.1) is 6.92 Å². The van der Waals surface area contributed by atoms with Crippen LogP contribution in [-0.2, 0) is 9.53 Å². The summed E-state index contributed by atoms with van der Waals surface area (Å²) in [6, 6.07) is 9.66. The number of hydrogen-bond donors (Lipinski definition) is 1. The zero-order valence-electron chi connectivity index (χ0n) is 16.5. The number of aryl methyl sites for hydroxylation is 1. The first-order chi connectivity index (χ1) is 14.7. The molecule has 1 aromatic heterocycles. The molecule has 0 fully saturated rings. The zero-order chi connectivity index (χ0) is 22.6. The summed E-state index contributed by atoms with van der Waals surface area (Å²) in [6.45, 7) is 3.42. The van der Waals surface area contributed by atoms with Crippen LogP contribution in [0.3, 0.4) is 0 Å². The standard InChI is InChI=1S/C21H18F3NO6/c1-3-28-15-8-9-17-16(10-15)12(2)19(30-17)20(27)29-11-18(26)25-13-4-6-14(7-5-13)31-21(22,23)24/h4-10H,3,11H2,1-2H3,(H,25,26). The number of alkyl halides is 3. The molecule has 3 rings (SSSR count). The molecule has 1 heterocycles. The quantitative estimate of drug-likeness (QED) is 0.533. The summed E-state index contributed by atoms with van der Waals surface area (Å²) in [5.41, 5.74) is 1.22. The van der Waals surface area contributed by atoms with Gasteiger partial charge in [-0.25, -0.2) is 4.79 Å². The number of anilines is 1. The van der Waals surface area contributed by atoms with E-state index in [-0.39, 0.29) is 11.4 Å². The van der Waals surface area contributed by atoms with Crippen molar-refractivity contribution in [3.8, 4) is 11.5 Å². The topological polar surface area (TPSA) is 87.0 Å². The van der Waals surface area contributed by atoms with Crippen LogP contribution in [-0.4, -0.2) is 31.5 Å². The molecule has 0 saturated heterocycles. The molecular formula is C21H18F3NO6. The highest BCUT2D eigenvalue weighted by Gasteiger charge is 2.31. The molecule has 0 bridgehead atoms. The van der Waals surface area contributed by atoms with Crippen molar-refractivity contribution < 1.29 is 41.4 Å². The van der Waals surface area contributed by atoms with E-state index in [0.717, 1.165) is 12.1 Å². The van der Waals surface area contributed by atoms with Crippen LogP contribution < -0.4 is 14.8 Å². The molecule has 0 aliphatic rings. The van der Waals surface area contributed by atoms with E-state index in [1.54, 1.807) is 25.1 Å². The number of ether oxygens (including phenoxy) is 3. The molecule has 0 atom stereocenters. The molecule has 1 N–H and O–H groups in total. The molecule has 0 unspecified atom stereocenters. The van der Waals surface area contributed by atoms with Gasteiger partial charge in [0.05, 0.1) is 6.61 Å². The van der Waals surface area contributed by atoms with Crippen LogP contribution in [0.25, 0.3) is 11.0 Å². The number of carbonyl (C=O) groups excluding carboxylic acids is 2. The highest BCUT2D eigenvalue weighted by molar-refractivity contribution is 5.98. The minimum absolute atomic E-state index is 0.0369. The van der Waals surface area contributed by atoms with Gasteiger partial charge >= 0.3 is 12.3 Å². The predicted molar refractivity (Wildman–Crippen MR) is 104 cm³/mol. The number of halogens is 3. The molecule has 0 aliphatic heterocycles. The van der Waals surface area contributed by atoms with Gasteiger partial charge in [-0.1, -0.05) is 0 Å². The Morgan fingerprint density at radius 1 is 1.06 bits per heavy atom. The Morgan fingerprint density at radius 3 is 2.39 bits per heavy atom. The van der Waals surface area contributed by atoms with E-state index in [1.807, 2.05) is 6.92 Å². The second-order valence-electron chi connectivity index (χ2n) is 6.34. The number of fused-ring (bicyclic) bond motifs is 1. The Morgan fingerprint density at radius 2 is 1.74 bits per heavy atom. The lowest BCUT2D eigenvalue weighted by molar-refractivity contribution is -0.274. The molecular weight excluding hydrogens is 419 g/mol. The number of carbonyl (C=O) groups is 2. The second-order valence-corrected chi connectivity index (χ2v) is 6.34. The zero-order valence-corrected chi connectivity index (χ0v) is 16.5. The molecule has 31 heavy (non-hydrogen) atoms. The summed E-state index contributed by atoms with van der Waals surface area (Å²) in [5, 5.41) is 3.09. The lowest BCUT2D eigenvalue weighted by Gasteiger charge is -2.10. The normalized spacial score (nSPS) is 11.3. The summed E-state index contributed by atoms with van der Waals surface area (Å²) in [4.78, 5) is 24.3. The van der Waals surface area contributed by atoms with Gasteiger partial charge in [0.1, 0.15) is 17.1 Å². The van der Waals surface area contributed by atoms with Crippen molar-refractivity contribution >= 4 is 28.5 Å². The lowest BCUT2D eigenvalue weighted by Crippen LogP contribution is -2.21. The lowest BCUT2D eigenvalue weighted by atomic mass is 10.1. The summed E-state index contributed by atoms with van der Waals surface area (Å²) >= 11 is 0. The molecule has 0 spiro atoms. The smallest absolute Gasteiger partial charge is 0.494 e. The number of rotatable bonds is 7. The van der Waals surface area contributed by atoms with Crippen molar-refractivity contribution in [1.82, 2.24) is 0 Å². The van der Waals surface area contributed by atoms with E-state index in [0.29, 0.717) is 28.9 Å². The number of esters is 1. The van der Waals surface area contributed by atoms with Crippen molar-refractivity contribution in [2.45, 2.75) is 20.2 Å². The van der Waals surface area contributed by atoms with E-state index in [1.165, 1.54) is 12.1 Å². The Labute approximate surface area is 174 Å². The van der Waals surface area contributed by atoms with Gasteiger partial charge in [-0.3, -0.25) is 4.79 Å². The van der Waals surface area contributed by atoms with Crippen molar-refractivity contribution in [3.63, 3.8) is 0 Å². The largest absolute Gasteiger partial charge is 0.573 e. The fourth-order valence-corrected chi connectivity index (χ4v) is 2.78. The molecule has 10 heteroatoms. The van der Waals surface area contributed by atoms with Crippen LogP contribution in [0.4, 0.5) is 18.9 Å². The van der Waals surface area contributed by atoms with Gasteiger partial charge in [-0.15, -0.1) is 13.2 Å². The van der Waals surface area contributed by atoms with Crippen LogP contribution in [0.15, 0.2) is 46.9 Å². The fraction of sp³-hybridized carbons (Fsp3) is 0.238. The molecule has 2 aromatic carbocycles. The Bertz CT molecular complexity index is 1090. The molecule has 164 valence electrons. The molecule has 0 aliphatic carbocycles. The first-order valence-corrected chi connectivity index (χ1v) is 9.15. The number of furan rings is 1. The maximum atomic E-state index is 12.3.